The van der Waals surface area contributed by atoms with E-state index in [9.17, 15) is 4.79 Å². The van der Waals surface area contributed by atoms with Crippen molar-refractivity contribution in [3.05, 3.63) is 61.7 Å². The van der Waals surface area contributed by atoms with E-state index in [1.807, 2.05) is 42.6 Å². The van der Waals surface area contributed by atoms with Gasteiger partial charge in [-0.2, -0.15) is 0 Å². The van der Waals surface area contributed by atoms with Crippen LogP contribution in [0.2, 0.25) is 4.47 Å². The molecule has 0 atom stereocenters. The Labute approximate surface area is 147 Å². The van der Waals surface area contributed by atoms with E-state index in [-0.39, 0.29) is 5.91 Å². The SMILES string of the molecule is Cc1cc(NCc2cnc(Cl)s2)ccc1NC(=O)c1cccs1. The van der Waals surface area contributed by atoms with Gasteiger partial charge in [-0.05, 0) is 42.1 Å². The number of rotatable bonds is 5. The molecule has 1 aromatic carbocycles. The van der Waals surface area contributed by atoms with Gasteiger partial charge in [-0.3, -0.25) is 4.79 Å². The Morgan fingerprint density at radius 1 is 1.35 bits per heavy atom. The van der Waals surface area contributed by atoms with Gasteiger partial charge in [0.25, 0.3) is 5.91 Å². The molecule has 3 rings (SSSR count). The molecule has 23 heavy (non-hydrogen) atoms. The van der Waals surface area contributed by atoms with Crippen LogP contribution in [0.1, 0.15) is 20.1 Å². The Morgan fingerprint density at radius 2 is 2.22 bits per heavy atom. The van der Waals surface area contributed by atoms with Crippen molar-refractivity contribution in [3.63, 3.8) is 0 Å². The summed E-state index contributed by atoms with van der Waals surface area (Å²) in [4.78, 5) is 17.9. The number of benzene rings is 1. The number of nitrogens with one attached hydrogen (secondary N) is 2. The molecule has 0 bridgehead atoms. The number of thiophene rings is 1. The Morgan fingerprint density at radius 3 is 2.87 bits per heavy atom. The second-order valence-corrected chi connectivity index (χ2v) is 7.54. The third-order valence-corrected chi connectivity index (χ3v) is 5.20. The highest BCUT2D eigenvalue weighted by Crippen LogP contribution is 2.23. The molecule has 4 nitrogen and oxygen atoms in total. The zero-order chi connectivity index (χ0) is 16.2. The van der Waals surface area contributed by atoms with Gasteiger partial charge >= 0.3 is 0 Å². The summed E-state index contributed by atoms with van der Waals surface area (Å²) in [7, 11) is 0. The topological polar surface area (TPSA) is 54.0 Å². The summed E-state index contributed by atoms with van der Waals surface area (Å²) < 4.78 is 0.546. The van der Waals surface area contributed by atoms with E-state index in [4.69, 9.17) is 11.6 Å². The molecule has 2 heterocycles. The molecule has 3 aromatic rings. The molecule has 7 heteroatoms. The van der Waals surface area contributed by atoms with Crippen LogP contribution in [0.5, 0.6) is 0 Å². The van der Waals surface area contributed by atoms with Gasteiger partial charge in [-0.25, -0.2) is 4.98 Å². The van der Waals surface area contributed by atoms with Crippen molar-refractivity contribution >= 4 is 51.6 Å². The number of thiazole rings is 1. The highest BCUT2D eigenvalue weighted by atomic mass is 35.5. The number of carbonyl (C=O) groups is 1. The molecule has 0 fully saturated rings. The average Bonchev–Trinajstić information content (AvgIpc) is 3.19. The fourth-order valence-corrected chi connectivity index (χ4v) is 3.60. The van der Waals surface area contributed by atoms with Gasteiger partial charge in [0.15, 0.2) is 4.47 Å². The minimum Gasteiger partial charge on any atom is -0.380 e. The van der Waals surface area contributed by atoms with Crippen LogP contribution in [0.3, 0.4) is 0 Å². The third kappa shape index (κ3) is 4.10. The normalized spacial score (nSPS) is 10.5. The third-order valence-electron chi connectivity index (χ3n) is 3.21. The van der Waals surface area contributed by atoms with Crippen molar-refractivity contribution in [1.82, 2.24) is 4.98 Å². The lowest BCUT2D eigenvalue weighted by atomic mass is 10.1. The molecule has 0 spiro atoms. The Balaban J connectivity index is 1.64. The first-order valence-electron chi connectivity index (χ1n) is 6.91. The van der Waals surface area contributed by atoms with Gasteiger partial charge in [0.05, 0.1) is 11.4 Å². The number of aromatic nitrogens is 1. The molecule has 0 aliphatic carbocycles. The van der Waals surface area contributed by atoms with Crippen LogP contribution >= 0.6 is 34.3 Å². The van der Waals surface area contributed by atoms with E-state index in [2.05, 4.69) is 15.6 Å². The second kappa shape index (κ2) is 7.12. The van der Waals surface area contributed by atoms with Gasteiger partial charge in [0, 0.05) is 22.4 Å². The first kappa shape index (κ1) is 16.0. The lowest BCUT2D eigenvalue weighted by Gasteiger charge is -2.11. The monoisotopic (exact) mass is 363 g/mol. The minimum absolute atomic E-state index is 0.0805. The molecule has 0 radical (unpaired) electrons. The van der Waals surface area contributed by atoms with Crippen molar-refractivity contribution in [2.75, 3.05) is 10.6 Å². The molecule has 0 aliphatic heterocycles. The number of hydrogen-bond acceptors (Lipinski definition) is 5. The first-order chi connectivity index (χ1) is 11.1. The first-order valence-corrected chi connectivity index (χ1v) is 8.99. The van der Waals surface area contributed by atoms with Crippen LogP contribution in [0.25, 0.3) is 0 Å². The predicted octanol–water partition coefficient (Wildman–Crippen LogP) is 5.03. The van der Waals surface area contributed by atoms with Crippen molar-refractivity contribution in [1.29, 1.82) is 0 Å². The van der Waals surface area contributed by atoms with E-state index in [1.165, 1.54) is 22.7 Å². The molecular weight excluding hydrogens is 350 g/mol. The molecule has 118 valence electrons. The van der Waals surface area contributed by atoms with Crippen LogP contribution < -0.4 is 10.6 Å². The molecule has 0 aliphatic rings. The summed E-state index contributed by atoms with van der Waals surface area (Å²) >= 11 is 8.70. The number of aryl methyl sites for hydroxylation is 1. The minimum atomic E-state index is -0.0805. The summed E-state index contributed by atoms with van der Waals surface area (Å²) in [6.45, 7) is 2.64. The number of anilines is 2. The summed E-state index contributed by atoms with van der Waals surface area (Å²) in [5, 5.41) is 8.15. The van der Waals surface area contributed by atoms with Crippen molar-refractivity contribution < 1.29 is 4.79 Å². The number of nitrogens with zero attached hydrogens (tertiary/aromatic N) is 1. The van der Waals surface area contributed by atoms with Crippen molar-refractivity contribution in [2.45, 2.75) is 13.5 Å². The zero-order valence-electron chi connectivity index (χ0n) is 12.3. The van der Waals surface area contributed by atoms with E-state index in [1.54, 1.807) is 6.20 Å². The predicted molar refractivity (Wildman–Crippen MR) is 97.9 cm³/mol. The maximum atomic E-state index is 12.1. The standard InChI is InChI=1S/C16H14ClN3OS2/c1-10-7-11(18-8-12-9-19-16(17)23-12)4-5-13(10)20-15(21)14-3-2-6-22-14/h2-7,9,18H,8H2,1H3,(H,20,21). The van der Waals surface area contributed by atoms with Crippen LogP contribution in [0, 0.1) is 6.92 Å². The summed E-state index contributed by atoms with van der Waals surface area (Å²) in [5.41, 5.74) is 2.80. The van der Waals surface area contributed by atoms with Crippen LogP contribution in [-0.2, 0) is 6.54 Å². The zero-order valence-corrected chi connectivity index (χ0v) is 14.7. The van der Waals surface area contributed by atoms with Crippen LogP contribution in [-0.4, -0.2) is 10.9 Å². The lowest BCUT2D eigenvalue weighted by Crippen LogP contribution is -2.11. The highest BCUT2D eigenvalue weighted by molar-refractivity contribution is 7.15. The number of carbonyl (C=O) groups excluding carboxylic acids is 1. The Bertz CT molecular complexity index is 815. The van der Waals surface area contributed by atoms with Gasteiger partial charge in [-0.15, -0.1) is 22.7 Å². The van der Waals surface area contributed by atoms with Crippen LogP contribution in [0.15, 0.2) is 41.9 Å². The maximum absolute atomic E-state index is 12.1. The molecule has 2 aromatic heterocycles. The Hall–Kier alpha value is -1.89. The average molecular weight is 364 g/mol. The van der Waals surface area contributed by atoms with E-state index in [0.29, 0.717) is 15.9 Å². The lowest BCUT2D eigenvalue weighted by molar-refractivity contribution is 0.103. The fourth-order valence-electron chi connectivity index (χ4n) is 2.06. The molecular formula is C16H14ClN3OS2. The highest BCUT2D eigenvalue weighted by Gasteiger charge is 2.09. The quantitative estimate of drug-likeness (QED) is 0.668. The molecule has 0 saturated heterocycles. The maximum Gasteiger partial charge on any atom is 0.265 e. The molecule has 0 saturated carbocycles. The number of halogens is 1. The largest absolute Gasteiger partial charge is 0.380 e. The van der Waals surface area contributed by atoms with Crippen molar-refractivity contribution in [3.8, 4) is 0 Å². The van der Waals surface area contributed by atoms with E-state index < -0.39 is 0 Å². The summed E-state index contributed by atoms with van der Waals surface area (Å²) in [6, 6.07) is 9.53. The smallest absolute Gasteiger partial charge is 0.265 e. The Kier molecular flexibility index (Phi) is 4.95. The van der Waals surface area contributed by atoms with Gasteiger partial charge < -0.3 is 10.6 Å². The van der Waals surface area contributed by atoms with E-state index >= 15 is 0 Å². The molecule has 0 unspecified atom stereocenters. The van der Waals surface area contributed by atoms with Crippen molar-refractivity contribution in [2.24, 2.45) is 0 Å². The summed E-state index contributed by atoms with van der Waals surface area (Å²) in [6.07, 6.45) is 1.77. The number of amides is 1. The van der Waals surface area contributed by atoms with Gasteiger partial charge in [0.1, 0.15) is 0 Å². The van der Waals surface area contributed by atoms with E-state index in [0.717, 1.165) is 21.8 Å². The second-order valence-electron chi connectivity index (χ2n) is 4.89. The fraction of sp³-hybridized carbons (Fsp3) is 0.125. The van der Waals surface area contributed by atoms with Gasteiger partial charge in [-0.1, -0.05) is 17.7 Å². The van der Waals surface area contributed by atoms with Crippen LogP contribution in [0.4, 0.5) is 11.4 Å². The van der Waals surface area contributed by atoms with Gasteiger partial charge in [0.2, 0.25) is 0 Å². The summed E-state index contributed by atoms with van der Waals surface area (Å²) in [5.74, 6) is -0.0805. The molecule has 1 amide bonds. The number of hydrogen-bond donors (Lipinski definition) is 2. The molecule has 2 N–H and O–H groups in total.